The van der Waals surface area contributed by atoms with Crippen LogP contribution in [0.3, 0.4) is 0 Å². The molecule has 0 amide bonds. The molecule has 2 N–H and O–H groups in total. The molecule has 1 aromatic carbocycles. The van der Waals surface area contributed by atoms with Crippen LogP contribution in [-0.4, -0.2) is 0 Å². The molecule has 0 aliphatic heterocycles. The Morgan fingerprint density at radius 2 is 2.06 bits per heavy atom. The van der Waals surface area contributed by atoms with Crippen LogP contribution in [0.1, 0.15) is 16.5 Å². The van der Waals surface area contributed by atoms with Gasteiger partial charge in [-0.3, -0.25) is 0 Å². The Kier molecular flexibility index (Phi) is 4.36. The minimum atomic E-state index is -0.275. The van der Waals surface area contributed by atoms with Crippen LogP contribution in [0, 0.1) is 5.82 Å². The number of benzene rings is 1. The lowest BCUT2D eigenvalue weighted by atomic mass is 10.0. The quantitative estimate of drug-likeness (QED) is 0.826. The average molecular weight is 379 g/mol. The van der Waals surface area contributed by atoms with Crippen molar-refractivity contribution in [1.29, 1.82) is 0 Å². The molecule has 2 aromatic rings. The Bertz CT molecular complexity index is 527. The van der Waals surface area contributed by atoms with E-state index in [0.29, 0.717) is 10.9 Å². The first-order valence-electron chi connectivity index (χ1n) is 5.01. The van der Waals surface area contributed by atoms with Crippen molar-refractivity contribution in [3.8, 4) is 0 Å². The van der Waals surface area contributed by atoms with Gasteiger partial charge in [-0.05, 0) is 54.9 Å². The lowest BCUT2D eigenvalue weighted by molar-refractivity contribution is 0.610. The van der Waals surface area contributed by atoms with E-state index in [4.69, 9.17) is 5.73 Å². The highest BCUT2D eigenvalue weighted by Crippen LogP contribution is 2.30. The first-order valence-corrected chi connectivity index (χ1v) is 7.47. The van der Waals surface area contributed by atoms with Gasteiger partial charge in [0.2, 0.25) is 0 Å². The van der Waals surface area contributed by atoms with Gasteiger partial charge in [-0.15, -0.1) is 11.3 Å². The van der Waals surface area contributed by atoms with Crippen LogP contribution < -0.4 is 5.73 Å². The summed E-state index contributed by atoms with van der Waals surface area (Å²) in [5.74, 6) is -0.275. The summed E-state index contributed by atoms with van der Waals surface area (Å²) < 4.78 is 14.9. The molecule has 0 saturated heterocycles. The molecular formula is C12H10Br2FNS. The van der Waals surface area contributed by atoms with Crippen molar-refractivity contribution in [1.82, 2.24) is 0 Å². The number of nitrogens with two attached hydrogens (primary N) is 1. The molecule has 5 heteroatoms. The minimum absolute atomic E-state index is 0.213. The van der Waals surface area contributed by atoms with Gasteiger partial charge in [0.15, 0.2) is 0 Å². The average Bonchev–Trinajstić information content (AvgIpc) is 2.68. The molecule has 0 fully saturated rings. The number of thiophene rings is 1. The van der Waals surface area contributed by atoms with Gasteiger partial charge in [-0.2, -0.15) is 0 Å². The fraction of sp³-hybridized carbons (Fsp3) is 0.167. The van der Waals surface area contributed by atoms with E-state index in [9.17, 15) is 4.39 Å². The molecule has 0 aliphatic rings. The van der Waals surface area contributed by atoms with E-state index in [0.717, 1.165) is 10.0 Å². The van der Waals surface area contributed by atoms with Crippen LogP contribution in [0.25, 0.3) is 0 Å². The molecule has 2 rings (SSSR count). The zero-order valence-corrected chi connectivity index (χ0v) is 12.8. The lowest BCUT2D eigenvalue weighted by Gasteiger charge is -2.13. The van der Waals surface area contributed by atoms with E-state index in [1.54, 1.807) is 17.4 Å². The maximum Gasteiger partial charge on any atom is 0.137 e. The van der Waals surface area contributed by atoms with E-state index >= 15 is 0 Å². The molecule has 1 nitrogen and oxygen atoms in total. The van der Waals surface area contributed by atoms with Crippen molar-refractivity contribution in [3.05, 3.63) is 54.8 Å². The summed E-state index contributed by atoms with van der Waals surface area (Å²) in [7, 11) is 0. The van der Waals surface area contributed by atoms with E-state index in [1.165, 1.54) is 10.9 Å². The molecule has 90 valence electrons. The summed E-state index contributed by atoms with van der Waals surface area (Å²) in [6.45, 7) is 0. The molecule has 0 spiro atoms. The Hall–Kier alpha value is -0.230. The van der Waals surface area contributed by atoms with Gasteiger partial charge in [0.05, 0.1) is 4.47 Å². The third-order valence-corrected chi connectivity index (χ3v) is 5.26. The summed E-state index contributed by atoms with van der Waals surface area (Å²) >= 11 is 8.36. The first-order chi connectivity index (χ1) is 8.09. The normalized spacial score (nSPS) is 12.7. The second-order valence-corrected chi connectivity index (χ2v) is 6.29. The van der Waals surface area contributed by atoms with Gasteiger partial charge in [0.25, 0.3) is 0 Å². The standard InChI is InChI=1S/C12H10Br2FNS/c13-8-4-5-17-11(8)6-10(16)7-2-1-3-9(15)12(7)14/h1-5,10H,6,16H2. The number of halogens is 3. The monoisotopic (exact) mass is 377 g/mol. The fourth-order valence-electron chi connectivity index (χ4n) is 1.59. The molecule has 1 heterocycles. The number of hydrogen-bond donors (Lipinski definition) is 1. The van der Waals surface area contributed by atoms with Crippen molar-refractivity contribution in [3.63, 3.8) is 0 Å². The molecule has 1 unspecified atom stereocenters. The second kappa shape index (κ2) is 5.61. The second-order valence-electron chi connectivity index (χ2n) is 3.65. The van der Waals surface area contributed by atoms with Crippen LogP contribution in [0.4, 0.5) is 4.39 Å². The summed E-state index contributed by atoms with van der Waals surface area (Å²) in [4.78, 5) is 1.17. The van der Waals surface area contributed by atoms with Crippen molar-refractivity contribution in [2.45, 2.75) is 12.5 Å². The van der Waals surface area contributed by atoms with E-state index in [1.807, 2.05) is 17.5 Å². The predicted molar refractivity (Wildman–Crippen MR) is 76.8 cm³/mol. The van der Waals surface area contributed by atoms with Crippen LogP contribution in [-0.2, 0) is 6.42 Å². The van der Waals surface area contributed by atoms with E-state index in [-0.39, 0.29) is 11.9 Å². The topological polar surface area (TPSA) is 26.0 Å². The Morgan fingerprint density at radius 1 is 1.29 bits per heavy atom. The SMILES string of the molecule is NC(Cc1sccc1Br)c1cccc(F)c1Br. The molecular weight excluding hydrogens is 369 g/mol. The third kappa shape index (κ3) is 2.96. The van der Waals surface area contributed by atoms with Gasteiger partial charge in [-0.25, -0.2) is 4.39 Å². The molecule has 1 aromatic heterocycles. The lowest BCUT2D eigenvalue weighted by Crippen LogP contribution is -2.14. The highest BCUT2D eigenvalue weighted by atomic mass is 79.9. The number of hydrogen-bond acceptors (Lipinski definition) is 2. The smallest absolute Gasteiger partial charge is 0.137 e. The number of rotatable bonds is 3. The minimum Gasteiger partial charge on any atom is -0.324 e. The highest BCUT2D eigenvalue weighted by Gasteiger charge is 2.15. The Balaban J connectivity index is 2.23. The van der Waals surface area contributed by atoms with Crippen molar-refractivity contribution < 1.29 is 4.39 Å². The van der Waals surface area contributed by atoms with Crippen LogP contribution in [0.15, 0.2) is 38.6 Å². The summed E-state index contributed by atoms with van der Waals surface area (Å²) in [6, 6.07) is 6.72. The maximum absolute atomic E-state index is 13.4. The molecule has 0 bridgehead atoms. The van der Waals surface area contributed by atoms with Crippen LogP contribution in [0.5, 0.6) is 0 Å². The van der Waals surface area contributed by atoms with Crippen molar-refractivity contribution >= 4 is 43.2 Å². The fourth-order valence-corrected chi connectivity index (χ4v) is 3.72. The summed E-state index contributed by atoms with van der Waals surface area (Å²) in [6.07, 6.45) is 0.695. The predicted octanol–water partition coefficient (Wildman–Crippen LogP) is 4.65. The van der Waals surface area contributed by atoms with Gasteiger partial charge in [0.1, 0.15) is 5.82 Å². The summed E-state index contributed by atoms with van der Waals surface area (Å²) in [5, 5.41) is 2.01. The van der Waals surface area contributed by atoms with Gasteiger partial charge < -0.3 is 5.73 Å². The van der Waals surface area contributed by atoms with Crippen molar-refractivity contribution in [2.24, 2.45) is 5.73 Å². The van der Waals surface area contributed by atoms with Gasteiger partial charge in [0, 0.05) is 21.8 Å². The molecule has 17 heavy (non-hydrogen) atoms. The van der Waals surface area contributed by atoms with Gasteiger partial charge in [-0.1, -0.05) is 12.1 Å². The van der Waals surface area contributed by atoms with Crippen LogP contribution >= 0.6 is 43.2 Å². The van der Waals surface area contributed by atoms with Crippen LogP contribution in [0.2, 0.25) is 0 Å². The van der Waals surface area contributed by atoms with Crippen molar-refractivity contribution in [2.75, 3.05) is 0 Å². The third-order valence-electron chi connectivity index (χ3n) is 2.48. The van der Waals surface area contributed by atoms with E-state index < -0.39 is 0 Å². The highest BCUT2D eigenvalue weighted by molar-refractivity contribution is 9.10. The zero-order chi connectivity index (χ0) is 12.4. The zero-order valence-electron chi connectivity index (χ0n) is 8.79. The molecule has 0 aliphatic carbocycles. The Morgan fingerprint density at radius 3 is 2.71 bits per heavy atom. The molecule has 1 atom stereocenters. The molecule has 0 radical (unpaired) electrons. The molecule has 0 saturated carbocycles. The van der Waals surface area contributed by atoms with E-state index in [2.05, 4.69) is 31.9 Å². The van der Waals surface area contributed by atoms with Gasteiger partial charge >= 0.3 is 0 Å². The Labute approximate surface area is 120 Å². The largest absolute Gasteiger partial charge is 0.324 e. The summed E-state index contributed by atoms with van der Waals surface area (Å²) in [5.41, 5.74) is 6.91. The maximum atomic E-state index is 13.4. The first kappa shape index (κ1) is 13.2.